The van der Waals surface area contributed by atoms with Gasteiger partial charge in [-0.3, -0.25) is 0 Å². The van der Waals surface area contributed by atoms with Gasteiger partial charge in [-0.05, 0) is 48.6 Å². The third-order valence-corrected chi connectivity index (χ3v) is 6.75. The number of allylic oxidation sites excluding steroid dienone is 1. The molecule has 0 fully saturated rings. The molecule has 32 heavy (non-hydrogen) atoms. The SMILES string of the molecule is CC1=C(c2nc(-c3cccs3)no2)C(c2ccccc2)NC(=S)N1Cc1cccc(C)c1. The summed E-state index contributed by atoms with van der Waals surface area (Å²) in [5, 5.41) is 10.4. The molecule has 5 rings (SSSR count). The maximum absolute atomic E-state index is 5.80. The van der Waals surface area contributed by atoms with Gasteiger partial charge in [-0.2, -0.15) is 4.98 Å². The molecule has 4 aromatic rings. The summed E-state index contributed by atoms with van der Waals surface area (Å²) in [6, 6.07) is 22.5. The molecule has 1 atom stereocenters. The standard InChI is InChI=1S/C25H22N4OS2/c1-16-8-6-9-18(14-16)15-29-17(2)21(22(26-25(29)31)19-10-4-3-5-11-19)24-27-23(28-30-24)20-12-7-13-32-20/h3-14,22H,15H2,1-2H3,(H,26,31). The predicted molar refractivity (Wildman–Crippen MR) is 132 cm³/mol. The number of rotatable bonds is 5. The summed E-state index contributed by atoms with van der Waals surface area (Å²) in [4.78, 5) is 7.83. The number of hydrogen-bond donors (Lipinski definition) is 1. The Morgan fingerprint density at radius 1 is 1.06 bits per heavy atom. The van der Waals surface area contributed by atoms with Gasteiger partial charge in [-0.25, -0.2) is 0 Å². The molecule has 3 heterocycles. The Morgan fingerprint density at radius 2 is 1.91 bits per heavy atom. The molecule has 1 aliphatic rings. The second-order valence-electron chi connectivity index (χ2n) is 7.77. The number of thiocarbonyl (C=S) groups is 1. The first kappa shape index (κ1) is 20.6. The minimum absolute atomic E-state index is 0.172. The van der Waals surface area contributed by atoms with E-state index in [0.717, 1.165) is 21.7 Å². The molecule has 1 unspecified atom stereocenters. The highest BCUT2D eigenvalue weighted by atomic mass is 32.1. The molecule has 5 nitrogen and oxygen atoms in total. The Hall–Kier alpha value is -3.29. The molecular formula is C25H22N4OS2. The van der Waals surface area contributed by atoms with E-state index in [1.165, 1.54) is 11.1 Å². The molecule has 0 spiro atoms. The normalized spacial score (nSPS) is 16.4. The van der Waals surface area contributed by atoms with Crippen LogP contribution in [0, 0.1) is 6.92 Å². The molecule has 1 N–H and O–H groups in total. The fraction of sp³-hybridized carbons (Fsp3) is 0.160. The van der Waals surface area contributed by atoms with E-state index in [0.29, 0.717) is 23.4 Å². The Balaban J connectivity index is 1.60. The Bertz CT molecular complexity index is 1280. The first-order valence-corrected chi connectivity index (χ1v) is 11.7. The molecule has 0 saturated carbocycles. The zero-order valence-corrected chi connectivity index (χ0v) is 19.4. The zero-order chi connectivity index (χ0) is 22.1. The zero-order valence-electron chi connectivity index (χ0n) is 17.8. The first-order chi connectivity index (χ1) is 15.6. The third kappa shape index (κ3) is 3.97. The Kier molecular flexibility index (Phi) is 5.59. The summed E-state index contributed by atoms with van der Waals surface area (Å²) in [5.74, 6) is 1.10. The summed E-state index contributed by atoms with van der Waals surface area (Å²) in [7, 11) is 0. The fourth-order valence-corrected chi connectivity index (χ4v) is 4.94. The lowest BCUT2D eigenvalue weighted by molar-refractivity contribution is 0.396. The van der Waals surface area contributed by atoms with Crippen molar-refractivity contribution in [2.24, 2.45) is 0 Å². The summed E-state index contributed by atoms with van der Waals surface area (Å²) >= 11 is 7.39. The van der Waals surface area contributed by atoms with Gasteiger partial charge in [0.1, 0.15) is 0 Å². The van der Waals surface area contributed by atoms with Gasteiger partial charge >= 0.3 is 0 Å². The van der Waals surface area contributed by atoms with E-state index in [9.17, 15) is 0 Å². The van der Waals surface area contributed by atoms with Crippen molar-refractivity contribution in [3.8, 4) is 10.7 Å². The second-order valence-corrected chi connectivity index (χ2v) is 9.10. The summed E-state index contributed by atoms with van der Waals surface area (Å²) in [6.45, 7) is 4.83. The lowest BCUT2D eigenvalue weighted by Gasteiger charge is -2.37. The average molecular weight is 459 g/mol. The first-order valence-electron chi connectivity index (χ1n) is 10.4. The lowest BCUT2D eigenvalue weighted by Crippen LogP contribution is -2.45. The molecule has 2 aromatic heterocycles. The number of aryl methyl sites for hydroxylation is 1. The van der Waals surface area contributed by atoms with Crippen LogP contribution in [0.2, 0.25) is 0 Å². The lowest BCUT2D eigenvalue weighted by atomic mass is 9.94. The highest BCUT2D eigenvalue weighted by molar-refractivity contribution is 7.80. The Labute approximate surface area is 196 Å². The molecule has 0 amide bonds. The maximum atomic E-state index is 5.80. The van der Waals surface area contributed by atoms with Crippen LogP contribution in [0.15, 0.2) is 82.3 Å². The van der Waals surface area contributed by atoms with Crippen LogP contribution in [0.1, 0.15) is 35.5 Å². The molecular weight excluding hydrogens is 436 g/mol. The molecule has 160 valence electrons. The largest absolute Gasteiger partial charge is 0.351 e. The summed E-state index contributed by atoms with van der Waals surface area (Å²) < 4.78 is 5.78. The predicted octanol–water partition coefficient (Wildman–Crippen LogP) is 5.97. The van der Waals surface area contributed by atoms with Gasteiger partial charge in [0.15, 0.2) is 5.11 Å². The molecule has 0 aliphatic carbocycles. The van der Waals surface area contributed by atoms with Crippen LogP contribution in [0.4, 0.5) is 0 Å². The van der Waals surface area contributed by atoms with Crippen molar-refractivity contribution in [3.63, 3.8) is 0 Å². The smallest absolute Gasteiger partial charge is 0.258 e. The quantitative estimate of drug-likeness (QED) is 0.372. The molecule has 0 saturated heterocycles. The van der Waals surface area contributed by atoms with Crippen molar-refractivity contribution in [2.75, 3.05) is 0 Å². The summed E-state index contributed by atoms with van der Waals surface area (Å²) in [6.07, 6.45) is 0. The van der Waals surface area contributed by atoms with Gasteiger partial charge in [0, 0.05) is 12.2 Å². The van der Waals surface area contributed by atoms with E-state index in [2.05, 4.69) is 65.6 Å². The maximum Gasteiger partial charge on any atom is 0.258 e. The highest BCUT2D eigenvalue weighted by Gasteiger charge is 2.34. The minimum atomic E-state index is -0.172. The fourth-order valence-electron chi connectivity index (χ4n) is 3.98. The van der Waals surface area contributed by atoms with Gasteiger partial charge in [-0.15, -0.1) is 11.3 Å². The van der Waals surface area contributed by atoms with E-state index < -0.39 is 0 Å². The third-order valence-electron chi connectivity index (χ3n) is 5.55. The van der Waals surface area contributed by atoms with Crippen molar-refractivity contribution < 1.29 is 4.52 Å². The van der Waals surface area contributed by atoms with Crippen LogP contribution in [-0.4, -0.2) is 20.2 Å². The van der Waals surface area contributed by atoms with E-state index in [4.69, 9.17) is 21.7 Å². The van der Waals surface area contributed by atoms with Crippen molar-refractivity contribution in [3.05, 3.63) is 100 Å². The molecule has 2 aromatic carbocycles. The van der Waals surface area contributed by atoms with Crippen molar-refractivity contribution >= 4 is 34.2 Å². The van der Waals surface area contributed by atoms with Crippen molar-refractivity contribution in [1.82, 2.24) is 20.4 Å². The number of nitrogens with one attached hydrogen (secondary N) is 1. The monoisotopic (exact) mass is 458 g/mol. The topological polar surface area (TPSA) is 54.2 Å². The van der Waals surface area contributed by atoms with Crippen molar-refractivity contribution in [2.45, 2.75) is 26.4 Å². The van der Waals surface area contributed by atoms with E-state index in [1.54, 1.807) is 11.3 Å². The number of nitrogens with zero attached hydrogens (tertiary/aromatic N) is 3. The number of aromatic nitrogens is 2. The van der Waals surface area contributed by atoms with Crippen LogP contribution in [0.3, 0.4) is 0 Å². The van der Waals surface area contributed by atoms with Crippen LogP contribution >= 0.6 is 23.6 Å². The molecule has 7 heteroatoms. The van der Waals surface area contributed by atoms with Crippen LogP contribution in [-0.2, 0) is 6.54 Å². The average Bonchev–Trinajstić information content (AvgIpc) is 3.49. The van der Waals surface area contributed by atoms with Gasteiger partial charge < -0.3 is 14.7 Å². The summed E-state index contributed by atoms with van der Waals surface area (Å²) in [5.41, 5.74) is 5.45. The van der Waals surface area contributed by atoms with Gasteiger partial charge in [0.05, 0.1) is 16.5 Å². The molecule has 0 radical (unpaired) electrons. The number of benzene rings is 2. The Morgan fingerprint density at radius 3 is 2.66 bits per heavy atom. The van der Waals surface area contributed by atoms with E-state index in [1.807, 2.05) is 35.7 Å². The minimum Gasteiger partial charge on any atom is -0.351 e. The second kappa shape index (κ2) is 8.68. The van der Waals surface area contributed by atoms with Gasteiger partial charge in [-0.1, -0.05) is 71.4 Å². The molecule has 0 bridgehead atoms. The van der Waals surface area contributed by atoms with E-state index in [-0.39, 0.29) is 6.04 Å². The van der Waals surface area contributed by atoms with Gasteiger partial charge in [0.2, 0.25) is 5.82 Å². The van der Waals surface area contributed by atoms with E-state index >= 15 is 0 Å². The number of hydrogen-bond acceptors (Lipinski definition) is 5. The molecule has 1 aliphatic heterocycles. The van der Waals surface area contributed by atoms with Crippen molar-refractivity contribution in [1.29, 1.82) is 0 Å². The highest BCUT2D eigenvalue weighted by Crippen LogP contribution is 2.38. The van der Waals surface area contributed by atoms with Crippen LogP contribution < -0.4 is 5.32 Å². The van der Waals surface area contributed by atoms with Crippen LogP contribution in [0.5, 0.6) is 0 Å². The van der Waals surface area contributed by atoms with Gasteiger partial charge in [0.25, 0.3) is 5.89 Å². The van der Waals surface area contributed by atoms with Crippen LogP contribution in [0.25, 0.3) is 16.3 Å². The number of thiophene rings is 1.